The molecule has 0 aliphatic carbocycles. The third-order valence-electron chi connectivity index (χ3n) is 4.61. The summed E-state index contributed by atoms with van der Waals surface area (Å²) in [6, 6.07) is 3.64. The number of carbonyl (C=O) groups is 1. The first kappa shape index (κ1) is 18.0. The number of amides is 1. The van der Waals surface area contributed by atoms with Crippen molar-refractivity contribution in [2.24, 2.45) is 0 Å². The predicted molar refractivity (Wildman–Crippen MR) is 97.4 cm³/mol. The first-order chi connectivity index (χ1) is 12.5. The largest absolute Gasteiger partial charge is 0.467 e. The van der Waals surface area contributed by atoms with Crippen molar-refractivity contribution in [3.8, 4) is 0 Å². The molecule has 1 aromatic heterocycles. The molecule has 0 saturated carbocycles. The summed E-state index contributed by atoms with van der Waals surface area (Å²) in [7, 11) is 1.76. The number of nitrogens with one attached hydrogen (secondary N) is 1. The fraction of sp³-hybridized carbons (Fsp3) is 0.500. The van der Waals surface area contributed by atoms with E-state index in [4.69, 9.17) is 9.15 Å². The number of carbonyl (C=O) groups excluding carboxylic acids is 1. The molecular weight excluding hydrogens is 338 g/mol. The maximum atomic E-state index is 12.0. The van der Waals surface area contributed by atoms with Gasteiger partial charge in [-0.05, 0) is 31.9 Å². The summed E-state index contributed by atoms with van der Waals surface area (Å²) in [6.45, 7) is 3.66. The van der Waals surface area contributed by atoms with Crippen LogP contribution in [0.2, 0.25) is 0 Å². The Morgan fingerprint density at radius 2 is 2.08 bits per heavy atom. The maximum absolute atomic E-state index is 12.0. The lowest BCUT2D eigenvalue weighted by atomic mass is 10.0. The van der Waals surface area contributed by atoms with E-state index < -0.39 is 10.9 Å². The Balaban J connectivity index is 1.61. The zero-order valence-electron chi connectivity index (χ0n) is 15.0. The number of nitrogens with zero attached hydrogens (tertiary/aromatic N) is 2. The number of anilines is 2. The minimum absolute atomic E-state index is 0.0414. The highest BCUT2D eigenvalue weighted by atomic mass is 16.6. The molecule has 1 aromatic carbocycles. The van der Waals surface area contributed by atoms with E-state index in [2.05, 4.69) is 5.32 Å². The van der Waals surface area contributed by atoms with E-state index in [1.54, 1.807) is 36.1 Å². The molecule has 8 nitrogen and oxygen atoms in total. The molecule has 140 valence electrons. The van der Waals surface area contributed by atoms with Gasteiger partial charge in [0.15, 0.2) is 0 Å². The normalized spacial score (nSPS) is 15.2. The summed E-state index contributed by atoms with van der Waals surface area (Å²) in [5.74, 6) is 0.717. The fourth-order valence-electron chi connectivity index (χ4n) is 3.22. The number of rotatable bonds is 6. The molecule has 1 saturated heterocycles. The number of hydrogen-bond acceptors (Lipinski definition) is 7. The molecule has 1 aliphatic heterocycles. The molecule has 0 radical (unpaired) electrons. The summed E-state index contributed by atoms with van der Waals surface area (Å²) < 4.78 is 10.3. The molecule has 1 N–H and O–H groups in total. The Morgan fingerprint density at radius 1 is 1.35 bits per heavy atom. The van der Waals surface area contributed by atoms with E-state index >= 15 is 0 Å². The summed E-state index contributed by atoms with van der Waals surface area (Å²) >= 11 is 0. The van der Waals surface area contributed by atoms with Crippen molar-refractivity contribution in [2.75, 3.05) is 37.0 Å². The van der Waals surface area contributed by atoms with Crippen LogP contribution in [-0.2, 0) is 11.3 Å². The lowest BCUT2D eigenvalue weighted by Crippen LogP contribution is -2.46. The molecule has 0 spiro atoms. The van der Waals surface area contributed by atoms with Gasteiger partial charge in [-0.1, -0.05) is 0 Å². The molecule has 0 atom stereocenters. The Morgan fingerprint density at radius 3 is 2.69 bits per heavy atom. The van der Waals surface area contributed by atoms with Gasteiger partial charge in [0, 0.05) is 26.2 Å². The van der Waals surface area contributed by atoms with Gasteiger partial charge < -0.3 is 24.3 Å². The number of ether oxygens (including phenoxy) is 1. The summed E-state index contributed by atoms with van der Waals surface area (Å²) in [4.78, 5) is 39.1. The third-order valence-corrected chi connectivity index (χ3v) is 4.61. The minimum Gasteiger partial charge on any atom is -0.467 e. The minimum atomic E-state index is -0.487. The predicted octanol–water partition coefficient (Wildman–Crippen LogP) is 1.54. The van der Waals surface area contributed by atoms with E-state index in [1.165, 1.54) is 0 Å². The molecule has 1 fully saturated rings. The van der Waals surface area contributed by atoms with Gasteiger partial charge in [0.25, 0.3) is 10.9 Å². The average molecular weight is 361 g/mol. The molecule has 26 heavy (non-hydrogen) atoms. The standard InChI is InChI=1S/C18H23N3O5/c1-3-25-18(24)21-8-6-12(7-9-21)19-14-15(17(23)16(14)22)20(2)11-13-5-4-10-26-13/h4-5,10,12,19H,3,6-9,11H2,1-2H3. The van der Waals surface area contributed by atoms with Gasteiger partial charge in [-0.25, -0.2) is 4.79 Å². The Labute approximate surface area is 151 Å². The van der Waals surface area contributed by atoms with Crippen LogP contribution in [-0.4, -0.2) is 43.8 Å². The zero-order valence-corrected chi connectivity index (χ0v) is 15.0. The van der Waals surface area contributed by atoms with Crippen molar-refractivity contribution in [1.82, 2.24) is 4.90 Å². The topological polar surface area (TPSA) is 92.1 Å². The Kier molecular flexibility index (Phi) is 5.29. The van der Waals surface area contributed by atoms with Crippen LogP contribution in [0.4, 0.5) is 16.2 Å². The van der Waals surface area contributed by atoms with Crippen molar-refractivity contribution in [3.63, 3.8) is 0 Å². The first-order valence-corrected chi connectivity index (χ1v) is 8.76. The molecule has 2 heterocycles. The van der Waals surface area contributed by atoms with E-state index in [0.29, 0.717) is 56.2 Å². The highest BCUT2D eigenvalue weighted by Gasteiger charge is 2.29. The van der Waals surface area contributed by atoms with Gasteiger partial charge in [0.2, 0.25) is 0 Å². The van der Waals surface area contributed by atoms with E-state index in [0.717, 1.165) is 0 Å². The van der Waals surface area contributed by atoms with E-state index in [9.17, 15) is 14.4 Å². The molecule has 1 amide bonds. The second kappa shape index (κ2) is 7.63. The molecule has 2 aromatic rings. The van der Waals surface area contributed by atoms with Crippen molar-refractivity contribution < 1.29 is 13.9 Å². The van der Waals surface area contributed by atoms with Crippen molar-refractivity contribution in [3.05, 3.63) is 44.6 Å². The monoisotopic (exact) mass is 361 g/mol. The summed E-state index contributed by atoms with van der Waals surface area (Å²) in [6.07, 6.45) is 2.65. The zero-order chi connectivity index (χ0) is 18.7. The lowest BCUT2D eigenvalue weighted by Gasteiger charge is -2.33. The number of likely N-dealkylation sites (tertiary alicyclic amines) is 1. The van der Waals surface area contributed by atoms with Crippen LogP contribution >= 0.6 is 0 Å². The maximum Gasteiger partial charge on any atom is 0.409 e. The Hall–Kier alpha value is -2.77. The quantitative estimate of drug-likeness (QED) is 0.780. The van der Waals surface area contributed by atoms with Crippen molar-refractivity contribution in [2.45, 2.75) is 32.4 Å². The molecule has 0 unspecified atom stereocenters. The number of hydrogen-bond donors (Lipinski definition) is 1. The van der Waals surface area contributed by atoms with Gasteiger partial charge in [0.1, 0.15) is 17.1 Å². The van der Waals surface area contributed by atoms with Crippen LogP contribution in [0.1, 0.15) is 25.5 Å². The smallest absolute Gasteiger partial charge is 0.409 e. The van der Waals surface area contributed by atoms with Crippen LogP contribution in [0.5, 0.6) is 0 Å². The van der Waals surface area contributed by atoms with Crippen LogP contribution in [0.15, 0.2) is 32.4 Å². The molecule has 8 heteroatoms. The molecular formula is C18H23N3O5. The van der Waals surface area contributed by atoms with Gasteiger partial charge in [0.05, 0.1) is 19.4 Å². The van der Waals surface area contributed by atoms with Crippen molar-refractivity contribution in [1.29, 1.82) is 0 Å². The van der Waals surface area contributed by atoms with E-state index in [-0.39, 0.29) is 12.1 Å². The second-order valence-corrected chi connectivity index (χ2v) is 6.42. The van der Waals surface area contributed by atoms with Gasteiger partial charge >= 0.3 is 6.09 Å². The van der Waals surface area contributed by atoms with E-state index in [1.807, 2.05) is 6.07 Å². The number of piperidine rings is 1. The summed E-state index contributed by atoms with van der Waals surface area (Å²) in [5, 5.41) is 3.20. The summed E-state index contributed by atoms with van der Waals surface area (Å²) in [5.41, 5.74) is -0.220. The highest BCUT2D eigenvalue weighted by Crippen LogP contribution is 2.24. The van der Waals surface area contributed by atoms with Crippen LogP contribution in [0.25, 0.3) is 0 Å². The van der Waals surface area contributed by atoms with Gasteiger partial charge in [-0.15, -0.1) is 0 Å². The van der Waals surface area contributed by atoms with Crippen LogP contribution in [0.3, 0.4) is 0 Å². The Bertz CT molecular complexity index is 815. The van der Waals surface area contributed by atoms with Crippen LogP contribution in [0, 0.1) is 0 Å². The molecule has 0 bridgehead atoms. The SMILES string of the molecule is CCOC(=O)N1CCC(Nc2c(N(C)Cc3ccco3)c(=O)c2=O)CC1. The third kappa shape index (κ3) is 3.58. The average Bonchev–Trinajstić information content (AvgIpc) is 3.14. The highest BCUT2D eigenvalue weighted by molar-refractivity contribution is 5.75. The van der Waals surface area contributed by atoms with Gasteiger partial charge in [-0.2, -0.15) is 0 Å². The van der Waals surface area contributed by atoms with Gasteiger partial charge in [-0.3, -0.25) is 9.59 Å². The second-order valence-electron chi connectivity index (χ2n) is 6.42. The molecule has 3 rings (SSSR count). The first-order valence-electron chi connectivity index (χ1n) is 8.76. The molecule has 1 aliphatic rings. The van der Waals surface area contributed by atoms with Crippen molar-refractivity contribution >= 4 is 17.5 Å². The lowest BCUT2D eigenvalue weighted by molar-refractivity contribution is 0.0983. The fourth-order valence-corrected chi connectivity index (χ4v) is 3.22. The van der Waals surface area contributed by atoms with Crippen LogP contribution < -0.4 is 21.1 Å². The number of furan rings is 1.